The summed E-state index contributed by atoms with van der Waals surface area (Å²) >= 11 is 0. The zero-order valence-electron chi connectivity index (χ0n) is 12.5. The highest BCUT2D eigenvalue weighted by molar-refractivity contribution is 5.81. The van der Waals surface area contributed by atoms with Crippen molar-refractivity contribution in [3.8, 4) is 0 Å². The molecule has 0 aliphatic rings. The van der Waals surface area contributed by atoms with Crippen molar-refractivity contribution in [2.45, 2.75) is 51.9 Å². The Labute approximate surface area is 125 Å². The molecule has 6 nitrogen and oxygen atoms in total. The molecule has 0 amide bonds. The Morgan fingerprint density at radius 2 is 1.52 bits per heavy atom. The Bertz CT molecular complexity index is 348. The quantitative estimate of drug-likeness (QED) is 0.338. The second kappa shape index (κ2) is 13.1. The van der Waals surface area contributed by atoms with Crippen LogP contribution in [0.15, 0.2) is 12.2 Å². The van der Waals surface area contributed by atoms with Crippen molar-refractivity contribution < 1.29 is 29.0 Å². The number of rotatable bonds is 12. The number of allylic oxidation sites excluding steroid dienone is 1. The maximum atomic E-state index is 11.2. The second-order valence-corrected chi connectivity index (χ2v) is 4.55. The summed E-state index contributed by atoms with van der Waals surface area (Å²) < 4.78 is 9.91. The van der Waals surface area contributed by atoms with Crippen LogP contribution in [0.4, 0.5) is 0 Å². The SMILES string of the molecule is CC=CC(=O)OCCCCCCOC(=O)CCCC(=O)O. The number of carboxylic acids is 1. The lowest BCUT2D eigenvalue weighted by atomic mass is 10.2. The van der Waals surface area contributed by atoms with Gasteiger partial charge in [-0.1, -0.05) is 6.08 Å². The fraction of sp³-hybridized carbons (Fsp3) is 0.667. The van der Waals surface area contributed by atoms with Gasteiger partial charge in [0, 0.05) is 18.9 Å². The van der Waals surface area contributed by atoms with Crippen molar-refractivity contribution in [1.82, 2.24) is 0 Å². The molecule has 0 saturated heterocycles. The maximum Gasteiger partial charge on any atom is 0.330 e. The fourth-order valence-electron chi connectivity index (χ4n) is 1.56. The molecule has 0 fully saturated rings. The van der Waals surface area contributed by atoms with Gasteiger partial charge in [0.05, 0.1) is 13.2 Å². The smallest absolute Gasteiger partial charge is 0.330 e. The van der Waals surface area contributed by atoms with Crippen LogP contribution in [-0.4, -0.2) is 36.2 Å². The van der Waals surface area contributed by atoms with Crippen molar-refractivity contribution >= 4 is 17.9 Å². The molecule has 0 heterocycles. The normalized spacial score (nSPS) is 10.5. The number of esters is 2. The summed E-state index contributed by atoms with van der Waals surface area (Å²) in [6, 6.07) is 0. The Balaban J connectivity index is 3.30. The molecule has 0 rings (SSSR count). The molecule has 1 N–H and O–H groups in total. The molecule has 0 spiro atoms. The van der Waals surface area contributed by atoms with E-state index in [0.29, 0.717) is 19.6 Å². The summed E-state index contributed by atoms with van der Waals surface area (Å²) in [5.41, 5.74) is 0. The summed E-state index contributed by atoms with van der Waals surface area (Å²) in [5.74, 6) is -1.58. The summed E-state index contributed by atoms with van der Waals surface area (Å²) in [6.45, 7) is 2.51. The van der Waals surface area contributed by atoms with Crippen molar-refractivity contribution in [3.63, 3.8) is 0 Å². The van der Waals surface area contributed by atoms with Crippen molar-refractivity contribution in [2.24, 2.45) is 0 Å². The molecule has 0 aromatic rings. The molecule has 0 aromatic heterocycles. The highest BCUT2D eigenvalue weighted by atomic mass is 16.5. The number of carbonyl (C=O) groups excluding carboxylic acids is 2. The van der Waals surface area contributed by atoms with Crippen molar-refractivity contribution in [1.29, 1.82) is 0 Å². The first-order valence-electron chi connectivity index (χ1n) is 7.23. The standard InChI is InChI=1S/C15H24O6/c1-2-8-14(18)20-11-5-3-4-6-12-21-15(19)10-7-9-13(16)17/h2,8H,3-7,9-12H2,1H3,(H,16,17). The zero-order chi connectivity index (χ0) is 15.9. The summed E-state index contributed by atoms with van der Waals surface area (Å²) in [6.07, 6.45) is 6.80. The van der Waals surface area contributed by atoms with Crippen LogP contribution in [0, 0.1) is 0 Å². The molecule has 0 aliphatic carbocycles. The van der Waals surface area contributed by atoms with Crippen molar-refractivity contribution in [2.75, 3.05) is 13.2 Å². The second-order valence-electron chi connectivity index (χ2n) is 4.55. The van der Waals surface area contributed by atoms with Crippen LogP contribution in [0.25, 0.3) is 0 Å². The molecule has 0 aliphatic heterocycles. The number of unbranched alkanes of at least 4 members (excludes halogenated alkanes) is 3. The Morgan fingerprint density at radius 1 is 0.905 bits per heavy atom. The van der Waals surface area contributed by atoms with E-state index in [1.807, 2.05) is 0 Å². The summed E-state index contributed by atoms with van der Waals surface area (Å²) in [4.78, 5) is 32.5. The van der Waals surface area contributed by atoms with Gasteiger partial charge < -0.3 is 14.6 Å². The molecule has 0 aromatic carbocycles. The van der Waals surface area contributed by atoms with Gasteiger partial charge in [0.2, 0.25) is 0 Å². The van der Waals surface area contributed by atoms with Gasteiger partial charge in [-0.3, -0.25) is 9.59 Å². The van der Waals surface area contributed by atoms with Crippen LogP contribution in [-0.2, 0) is 23.9 Å². The number of carbonyl (C=O) groups is 3. The van der Waals surface area contributed by atoms with E-state index < -0.39 is 5.97 Å². The van der Waals surface area contributed by atoms with Gasteiger partial charge in [0.25, 0.3) is 0 Å². The average Bonchev–Trinajstić information content (AvgIpc) is 2.41. The molecular weight excluding hydrogens is 276 g/mol. The molecule has 0 saturated carbocycles. The van der Waals surface area contributed by atoms with E-state index in [4.69, 9.17) is 14.6 Å². The monoisotopic (exact) mass is 300 g/mol. The predicted molar refractivity (Wildman–Crippen MR) is 76.7 cm³/mol. The first kappa shape index (κ1) is 19.1. The predicted octanol–water partition coefficient (Wildman–Crippen LogP) is 2.46. The van der Waals surface area contributed by atoms with Gasteiger partial charge in [-0.15, -0.1) is 0 Å². The molecular formula is C15H24O6. The molecule has 0 bridgehead atoms. The van der Waals surface area contributed by atoms with Gasteiger partial charge in [0.15, 0.2) is 0 Å². The molecule has 0 radical (unpaired) electrons. The minimum atomic E-state index is -0.905. The highest BCUT2D eigenvalue weighted by Gasteiger charge is 2.04. The highest BCUT2D eigenvalue weighted by Crippen LogP contribution is 2.03. The van der Waals surface area contributed by atoms with E-state index in [2.05, 4.69) is 0 Å². The van der Waals surface area contributed by atoms with E-state index in [-0.39, 0.29) is 24.8 Å². The van der Waals surface area contributed by atoms with E-state index in [0.717, 1.165) is 25.7 Å². The van der Waals surface area contributed by atoms with Crippen LogP contribution in [0.3, 0.4) is 0 Å². The van der Waals surface area contributed by atoms with E-state index >= 15 is 0 Å². The van der Waals surface area contributed by atoms with Crippen LogP contribution in [0.2, 0.25) is 0 Å². The third kappa shape index (κ3) is 14.4. The minimum Gasteiger partial charge on any atom is -0.481 e. The molecule has 120 valence electrons. The number of hydrogen-bond acceptors (Lipinski definition) is 5. The minimum absolute atomic E-state index is 0.0129. The molecule has 21 heavy (non-hydrogen) atoms. The average molecular weight is 300 g/mol. The molecule has 6 heteroatoms. The first-order chi connectivity index (χ1) is 10.1. The lowest BCUT2D eigenvalue weighted by Gasteiger charge is -2.05. The largest absolute Gasteiger partial charge is 0.481 e. The fourth-order valence-corrected chi connectivity index (χ4v) is 1.56. The Hall–Kier alpha value is -1.85. The Morgan fingerprint density at radius 3 is 2.10 bits per heavy atom. The van der Waals surface area contributed by atoms with Crippen molar-refractivity contribution in [3.05, 3.63) is 12.2 Å². The van der Waals surface area contributed by atoms with Gasteiger partial charge in [-0.2, -0.15) is 0 Å². The lowest BCUT2D eigenvalue weighted by Crippen LogP contribution is -2.07. The number of aliphatic carboxylic acids is 1. The third-order valence-corrected chi connectivity index (χ3v) is 2.62. The summed E-state index contributed by atoms with van der Waals surface area (Å²) in [7, 11) is 0. The van der Waals surface area contributed by atoms with Crippen LogP contribution >= 0.6 is 0 Å². The van der Waals surface area contributed by atoms with Gasteiger partial charge in [-0.25, -0.2) is 4.79 Å². The van der Waals surface area contributed by atoms with E-state index in [9.17, 15) is 14.4 Å². The molecule has 0 atom stereocenters. The van der Waals surface area contributed by atoms with Crippen LogP contribution in [0.1, 0.15) is 51.9 Å². The van der Waals surface area contributed by atoms with Gasteiger partial charge in [0.1, 0.15) is 0 Å². The van der Waals surface area contributed by atoms with E-state index in [1.165, 1.54) is 6.08 Å². The van der Waals surface area contributed by atoms with Gasteiger partial charge >= 0.3 is 17.9 Å². The Kier molecular flexibility index (Phi) is 12.0. The topological polar surface area (TPSA) is 89.9 Å². The number of hydrogen-bond donors (Lipinski definition) is 1. The third-order valence-electron chi connectivity index (χ3n) is 2.62. The number of carboxylic acid groups (broad SMARTS) is 1. The maximum absolute atomic E-state index is 11.2. The lowest BCUT2D eigenvalue weighted by molar-refractivity contribution is -0.144. The molecule has 0 unspecified atom stereocenters. The van der Waals surface area contributed by atoms with Gasteiger partial charge in [-0.05, 0) is 39.0 Å². The summed E-state index contributed by atoms with van der Waals surface area (Å²) in [5, 5.41) is 8.42. The van der Waals surface area contributed by atoms with E-state index in [1.54, 1.807) is 13.0 Å². The zero-order valence-corrected chi connectivity index (χ0v) is 12.5. The number of ether oxygens (including phenoxy) is 2. The first-order valence-corrected chi connectivity index (χ1v) is 7.23. The van der Waals surface area contributed by atoms with Crippen LogP contribution < -0.4 is 0 Å². The van der Waals surface area contributed by atoms with Crippen LogP contribution in [0.5, 0.6) is 0 Å².